The van der Waals surface area contributed by atoms with Crippen LogP contribution in [-0.2, 0) is 6.42 Å². The van der Waals surface area contributed by atoms with Crippen LogP contribution in [0.5, 0.6) is 0 Å². The predicted molar refractivity (Wildman–Crippen MR) is 72.8 cm³/mol. The standard InChI is InChI=1S/C16H18N2/c1-2-4-13-11(3-1)12-7-8-18-9-10-5-6-14(18)15(10)16(12)17-13/h1-4,10,14-15,17H,5-9H2/t10-,14?,15-/m1/s1. The number of para-hydroxylation sites is 1. The molecule has 0 radical (unpaired) electrons. The smallest absolute Gasteiger partial charge is 0.0459 e. The van der Waals surface area contributed by atoms with Crippen LogP contribution < -0.4 is 0 Å². The molecule has 2 fully saturated rings. The number of nitrogens with one attached hydrogen (secondary N) is 1. The molecular weight excluding hydrogens is 220 g/mol. The summed E-state index contributed by atoms with van der Waals surface area (Å²) < 4.78 is 0. The second-order valence-corrected chi connectivity index (χ2v) is 6.24. The van der Waals surface area contributed by atoms with Gasteiger partial charge in [-0.2, -0.15) is 0 Å². The van der Waals surface area contributed by atoms with Gasteiger partial charge >= 0.3 is 0 Å². The van der Waals surface area contributed by atoms with E-state index >= 15 is 0 Å². The van der Waals surface area contributed by atoms with Crippen molar-refractivity contribution in [2.75, 3.05) is 13.1 Å². The molecule has 1 aromatic carbocycles. The number of piperidine rings is 1. The maximum absolute atomic E-state index is 3.76. The summed E-state index contributed by atoms with van der Waals surface area (Å²) in [5, 5.41) is 1.47. The molecule has 1 N–H and O–H groups in total. The minimum Gasteiger partial charge on any atom is -0.358 e. The van der Waals surface area contributed by atoms with E-state index in [0.717, 1.165) is 17.9 Å². The lowest BCUT2D eigenvalue weighted by molar-refractivity contribution is 0.217. The molecule has 3 heterocycles. The Kier molecular flexibility index (Phi) is 1.70. The lowest BCUT2D eigenvalue weighted by atomic mass is 9.91. The normalized spacial score (nSPS) is 36.9. The topological polar surface area (TPSA) is 19.0 Å². The van der Waals surface area contributed by atoms with Crippen LogP contribution in [0, 0.1) is 5.92 Å². The Labute approximate surface area is 107 Å². The Morgan fingerprint density at radius 1 is 1.17 bits per heavy atom. The highest BCUT2D eigenvalue weighted by Gasteiger charge is 2.49. The second-order valence-electron chi connectivity index (χ2n) is 6.24. The quantitative estimate of drug-likeness (QED) is 0.747. The molecule has 92 valence electrons. The van der Waals surface area contributed by atoms with Crippen LogP contribution >= 0.6 is 0 Å². The van der Waals surface area contributed by atoms with Crippen molar-refractivity contribution >= 4 is 10.9 Å². The van der Waals surface area contributed by atoms with Crippen LogP contribution in [0.4, 0.5) is 0 Å². The highest BCUT2D eigenvalue weighted by Crippen LogP contribution is 2.51. The molecule has 2 nitrogen and oxygen atoms in total. The van der Waals surface area contributed by atoms with Crippen molar-refractivity contribution in [1.29, 1.82) is 0 Å². The zero-order valence-electron chi connectivity index (χ0n) is 10.5. The van der Waals surface area contributed by atoms with Gasteiger partial charge in [-0.3, -0.25) is 4.90 Å². The molecule has 4 bridgehead atoms. The number of nitrogens with zero attached hydrogens (tertiary/aromatic N) is 1. The van der Waals surface area contributed by atoms with E-state index in [-0.39, 0.29) is 0 Å². The maximum atomic E-state index is 3.76. The predicted octanol–water partition coefficient (Wildman–Crippen LogP) is 2.90. The Morgan fingerprint density at radius 3 is 3.11 bits per heavy atom. The molecule has 3 aliphatic rings. The number of aromatic nitrogens is 1. The van der Waals surface area contributed by atoms with Gasteiger partial charge in [0.15, 0.2) is 0 Å². The van der Waals surface area contributed by atoms with Crippen LogP contribution in [0.1, 0.15) is 30.0 Å². The van der Waals surface area contributed by atoms with E-state index in [0.29, 0.717) is 0 Å². The SMILES string of the molecule is c1ccc2c3c([nH]c2c1)[C@H]1C2CC[C@@H]1CN2CC3. The first kappa shape index (κ1) is 9.62. The first-order valence-corrected chi connectivity index (χ1v) is 7.25. The van der Waals surface area contributed by atoms with E-state index in [1.165, 1.54) is 43.3 Å². The van der Waals surface area contributed by atoms with Gasteiger partial charge in [-0.25, -0.2) is 0 Å². The second kappa shape index (κ2) is 3.18. The Morgan fingerprint density at radius 2 is 2.11 bits per heavy atom. The molecule has 1 aliphatic carbocycles. The fourth-order valence-electron chi connectivity index (χ4n) is 4.82. The highest BCUT2D eigenvalue weighted by molar-refractivity contribution is 5.85. The van der Waals surface area contributed by atoms with Crippen molar-refractivity contribution in [3.05, 3.63) is 35.5 Å². The summed E-state index contributed by atoms with van der Waals surface area (Å²) in [6.07, 6.45) is 4.10. The van der Waals surface area contributed by atoms with Crippen molar-refractivity contribution in [3.8, 4) is 0 Å². The molecule has 1 saturated heterocycles. The average molecular weight is 238 g/mol. The van der Waals surface area contributed by atoms with Crippen molar-refractivity contribution in [2.45, 2.75) is 31.2 Å². The number of H-pyrrole nitrogens is 1. The zero-order valence-corrected chi connectivity index (χ0v) is 10.5. The summed E-state index contributed by atoms with van der Waals surface area (Å²) in [7, 11) is 0. The van der Waals surface area contributed by atoms with Crippen LogP contribution in [0.15, 0.2) is 24.3 Å². The van der Waals surface area contributed by atoms with Gasteiger partial charge in [0.25, 0.3) is 0 Å². The first-order chi connectivity index (χ1) is 8.92. The molecule has 2 aromatic rings. The van der Waals surface area contributed by atoms with Crippen LogP contribution in [0.2, 0.25) is 0 Å². The van der Waals surface area contributed by atoms with Gasteiger partial charge in [-0.1, -0.05) is 18.2 Å². The third-order valence-corrected chi connectivity index (χ3v) is 5.52. The summed E-state index contributed by atoms with van der Waals surface area (Å²) in [6.45, 7) is 2.62. The lowest BCUT2D eigenvalue weighted by Gasteiger charge is -2.25. The van der Waals surface area contributed by atoms with E-state index in [1.807, 2.05) is 0 Å². The van der Waals surface area contributed by atoms with E-state index in [9.17, 15) is 0 Å². The molecule has 4 atom stereocenters. The van der Waals surface area contributed by atoms with Crippen LogP contribution in [0.25, 0.3) is 10.9 Å². The third-order valence-electron chi connectivity index (χ3n) is 5.52. The van der Waals surface area contributed by atoms with Gasteiger partial charge in [-0.05, 0) is 36.8 Å². The molecule has 18 heavy (non-hydrogen) atoms. The fourth-order valence-corrected chi connectivity index (χ4v) is 4.82. The number of hydrogen-bond donors (Lipinski definition) is 1. The Balaban J connectivity index is 1.79. The van der Waals surface area contributed by atoms with Gasteiger partial charge in [0.05, 0.1) is 0 Å². The van der Waals surface area contributed by atoms with Crippen LogP contribution in [0.3, 0.4) is 0 Å². The average Bonchev–Trinajstić information content (AvgIpc) is 3.01. The number of rotatable bonds is 0. The summed E-state index contributed by atoms with van der Waals surface area (Å²) in [6, 6.07) is 9.69. The number of aromatic amines is 1. The number of benzene rings is 1. The van der Waals surface area contributed by atoms with Crippen molar-refractivity contribution in [1.82, 2.24) is 9.88 Å². The summed E-state index contributed by atoms with van der Waals surface area (Å²) >= 11 is 0. The molecule has 0 spiro atoms. The van der Waals surface area contributed by atoms with Crippen LogP contribution in [-0.4, -0.2) is 29.0 Å². The molecule has 1 aromatic heterocycles. The van der Waals surface area contributed by atoms with Gasteiger partial charge in [0, 0.05) is 41.6 Å². The number of fused-ring (bicyclic) bond motifs is 3. The minimum absolute atomic E-state index is 0.801. The third kappa shape index (κ3) is 1.04. The van der Waals surface area contributed by atoms with Gasteiger partial charge in [0.2, 0.25) is 0 Å². The zero-order chi connectivity index (χ0) is 11.7. The Bertz CT molecular complexity index is 627. The Hall–Kier alpha value is -1.28. The first-order valence-electron chi connectivity index (χ1n) is 7.25. The molecule has 2 unspecified atom stereocenters. The largest absolute Gasteiger partial charge is 0.358 e. The lowest BCUT2D eigenvalue weighted by Crippen LogP contribution is -2.33. The summed E-state index contributed by atoms with van der Waals surface area (Å²) in [5.74, 6) is 1.72. The van der Waals surface area contributed by atoms with E-state index in [2.05, 4.69) is 34.1 Å². The van der Waals surface area contributed by atoms with Gasteiger partial charge in [-0.15, -0.1) is 0 Å². The molecule has 2 heteroatoms. The maximum Gasteiger partial charge on any atom is 0.0459 e. The van der Waals surface area contributed by atoms with Gasteiger partial charge in [0.1, 0.15) is 0 Å². The molecule has 5 rings (SSSR count). The van der Waals surface area contributed by atoms with Crippen molar-refractivity contribution in [2.24, 2.45) is 5.92 Å². The molecule has 1 saturated carbocycles. The van der Waals surface area contributed by atoms with Crippen molar-refractivity contribution < 1.29 is 0 Å². The number of hydrogen-bond acceptors (Lipinski definition) is 1. The monoisotopic (exact) mass is 238 g/mol. The fraction of sp³-hybridized carbons (Fsp3) is 0.500. The molecule has 0 amide bonds. The summed E-state index contributed by atoms with van der Waals surface area (Å²) in [4.78, 5) is 6.51. The van der Waals surface area contributed by atoms with Crippen molar-refractivity contribution in [3.63, 3.8) is 0 Å². The summed E-state index contributed by atoms with van der Waals surface area (Å²) in [5.41, 5.74) is 4.56. The van der Waals surface area contributed by atoms with E-state index in [4.69, 9.17) is 0 Å². The molecular formula is C16H18N2. The van der Waals surface area contributed by atoms with E-state index < -0.39 is 0 Å². The van der Waals surface area contributed by atoms with E-state index in [1.54, 1.807) is 11.3 Å². The minimum atomic E-state index is 0.801. The van der Waals surface area contributed by atoms with Gasteiger partial charge < -0.3 is 4.98 Å². The molecule has 2 aliphatic heterocycles. The highest BCUT2D eigenvalue weighted by atomic mass is 15.2.